The second-order valence-electron chi connectivity index (χ2n) is 11.7. The number of carbonyl (C=O) groups is 4. The highest BCUT2D eigenvalue weighted by atomic mass is 32.1. The molecule has 0 spiro atoms. The average Bonchev–Trinajstić information content (AvgIpc) is 3.96. The number of aryl methyl sites for hydroxylation is 1. The van der Waals surface area contributed by atoms with Gasteiger partial charge in [0.15, 0.2) is 0 Å². The summed E-state index contributed by atoms with van der Waals surface area (Å²) < 4.78 is 62.7. The third-order valence-electron chi connectivity index (χ3n) is 7.68. The normalized spacial score (nSPS) is 14.4. The SMILES string of the molecule is C=O.CC.CC.CCN(C=O)CCC(=O)N1CCCC1.CN1CCC(C#N)C1.Cc1cc(F)cc(F)c1.NC(=O)c1cc2cc(C(F)(F)P(=O)(O)O)ccc2s1. The van der Waals surface area contributed by atoms with Gasteiger partial charge < -0.3 is 35.0 Å². The van der Waals surface area contributed by atoms with Crippen LogP contribution in [0.15, 0.2) is 42.5 Å². The highest BCUT2D eigenvalue weighted by Crippen LogP contribution is 2.59. The average molecular weight is 834 g/mol. The molecule has 12 nitrogen and oxygen atoms in total. The van der Waals surface area contributed by atoms with Gasteiger partial charge in [-0.15, -0.1) is 11.3 Å². The summed E-state index contributed by atoms with van der Waals surface area (Å²) in [4.78, 5) is 64.2. The lowest BCUT2D eigenvalue weighted by atomic mass is 10.1. The van der Waals surface area contributed by atoms with Crippen LogP contribution < -0.4 is 5.73 Å². The van der Waals surface area contributed by atoms with Crippen LogP contribution in [0, 0.1) is 35.8 Å². The van der Waals surface area contributed by atoms with Gasteiger partial charge in [0.1, 0.15) is 18.4 Å². The van der Waals surface area contributed by atoms with Crippen LogP contribution in [0.2, 0.25) is 0 Å². The minimum absolute atomic E-state index is 0.183. The molecule has 2 aliphatic rings. The Kier molecular flexibility index (Phi) is 27.2. The predicted molar refractivity (Wildman–Crippen MR) is 212 cm³/mol. The van der Waals surface area contributed by atoms with Crippen molar-refractivity contribution in [3.63, 3.8) is 0 Å². The first-order valence-electron chi connectivity index (χ1n) is 18.0. The van der Waals surface area contributed by atoms with Crippen LogP contribution in [-0.4, -0.2) is 95.8 Å². The summed E-state index contributed by atoms with van der Waals surface area (Å²) in [6.07, 6.45) is 4.57. The first kappa shape index (κ1) is 53.9. The van der Waals surface area contributed by atoms with Gasteiger partial charge in [-0.2, -0.15) is 14.0 Å². The Morgan fingerprint density at radius 2 is 1.61 bits per heavy atom. The molecule has 314 valence electrons. The zero-order valence-electron chi connectivity index (χ0n) is 33.1. The number of amides is 3. The number of benzene rings is 2. The summed E-state index contributed by atoms with van der Waals surface area (Å²) in [7, 11) is -3.55. The molecular weight excluding hydrogens is 777 g/mol. The lowest BCUT2D eigenvalue weighted by Gasteiger charge is -2.18. The van der Waals surface area contributed by atoms with Crippen molar-refractivity contribution in [2.45, 2.75) is 72.9 Å². The quantitative estimate of drug-likeness (QED) is 0.119. The maximum atomic E-state index is 13.5. The highest BCUT2D eigenvalue weighted by Gasteiger charge is 2.50. The molecule has 1 unspecified atom stereocenters. The largest absolute Gasteiger partial charge is 0.399 e. The second-order valence-corrected chi connectivity index (χ2v) is 14.4. The van der Waals surface area contributed by atoms with E-state index in [1.165, 1.54) is 24.3 Å². The van der Waals surface area contributed by atoms with Crippen LogP contribution in [0.4, 0.5) is 17.6 Å². The molecule has 3 heterocycles. The minimum atomic E-state index is -5.60. The molecule has 0 bridgehead atoms. The Morgan fingerprint density at radius 1 is 1.05 bits per heavy atom. The Bertz CT molecular complexity index is 1660. The van der Waals surface area contributed by atoms with E-state index in [1.54, 1.807) is 11.8 Å². The molecule has 0 saturated carbocycles. The van der Waals surface area contributed by atoms with Gasteiger partial charge in [-0.1, -0.05) is 33.8 Å². The fourth-order valence-corrected chi connectivity index (χ4v) is 6.27. The van der Waals surface area contributed by atoms with Crippen molar-refractivity contribution in [2.24, 2.45) is 11.7 Å². The predicted octanol–water partition coefficient (Wildman–Crippen LogP) is 7.31. The van der Waals surface area contributed by atoms with Crippen LogP contribution in [0.1, 0.15) is 81.1 Å². The van der Waals surface area contributed by atoms with Crippen molar-refractivity contribution >= 4 is 54.0 Å². The number of nitrogens with two attached hydrogens (primary N) is 1. The standard InChI is InChI=1S/C10H8F2NO4PS.C10H18N2O2.C7H6F2.C6H10N2.2C2H6.CH2O/c11-10(12,18(15,16)17)6-1-2-7-5(3-6)4-8(19-7)9(13)14;1-2-11(9-13)8-5-10(14)12-6-3-4-7-12;1-5-2-6(8)4-7(9)3-5;1-8-3-2-6(4-7)5-8;3*1-2/h1-4H,(H2,13,14)(H2,15,16,17);9H,2-8H2,1H3;2-4H,1H3;6H,2-3,5H2,1H3;2*1-2H3;1H2. The number of primary amides is 1. The fourth-order valence-electron chi connectivity index (χ4n) is 4.90. The first-order valence-corrected chi connectivity index (χ1v) is 20.4. The van der Waals surface area contributed by atoms with Crippen molar-refractivity contribution in [3.8, 4) is 6.07 Å². The second kappa shape index (κ2) is 28.2. The van der Waals surface area contributed by atoms with E-state index in [9.17, 15) is 36.5 Å². The van der Waals surface area contributed by atoms with E-state index in [0.717, 1.165) is 81.4 Å². The van der Waals surface area contributed by atoms with Crippen LogP contribution in [0.3, 0.4) is 0 Å². The molecular formula is C38H56F4N5O7PS. The number of nitriles is 1. The Hall–Kier alpha value is -4.20. The van der Waals surface area contributed by atoms with Crippen molar-refractivity contribution in [3.05, 3.63) is 70.1 Å². The lowest BCUT2D eigenvalue weighted by Crippen LogP contribution is -2.32. The number of hydrogen-bond acceptors (Lipinski definition) is 8. The number of fused-ring (bicyclic) bond motifs is 1. The van der Waals surface area contributed by atoms with Crippen LogP contribution >= 0.6 is 18.9 Å². The van der Waals surface area contributed by atoms with Gasteiger partial charge in [0, 0.05) is 55.5 Å². The van der Waals surface area contributed by atoms with Gasteiger partial charge >= 0.3 is 13.3 Å². The van der Waals surface area contributed by atoms with E-state index in [0.29, 0.717) is 35.7 Å². The van der Waals surface area contributed by atoms with E-state index >= 15 is 0 Å². The molecule has 2 fully saturated rings. The molecule has 2 aromatic carbocycles. The van der Waals surface area contributed by atoms with Gasteiger partial charge in [-0.25, -0.2) is 8.78 Å². The molecule has 2 aliphatic heterocycles. The zero-order chi connectivity index (χ0) is 43.6. The number of carbonyl (C=O) groups excluding carboxylic acids is 4. The number of halogens is 4. The molecule has 2 saturated heterocycles. The van der Waals surface area contributed by atoms with E-state index in [4.69, 9.17) is 25.6 Å². The summed E-state index contributed by atoms with van der Waals surface area (Å²) in [5.41, 5.74) is 0.602. The number of nitrogens with zero attached hydrogens (tertiary/aromatic N) is 4. The van der Waals surface area contributed by atoms with Gasteiger partial charge in [0.25, 0.3) is 5.91 Å². The van der Waals surface area contributed by atoms with Crippen molar-refractivity contribution in [2.75, 3.05) is 46.3 Å². The Labute approximate surface area is 331 Å². The number of likely N-dealkylation sites (tertiary alicyclic amines) is 2. The molecule has 1 atom stereocenters. The van der Waals surface area contributed by atoms with E-state index in [1.807, 2.05) is 46.3 Å². The molecule has 18 heteroatoms. The van der Waals surface area contributed by atoms with Gasteiger partial charge in [0.2, 0.25) is 12.3 Å². The Morgan fingerprint density at radius 3 is 2.00 bits per heavy atom. The minimum Gasteiger partial charge on any atom is -0.365 e. The van der Waals surface area contributed by atoms with Crippen molar-refractivity contribution in [1.82, 2.24) is 14.7 Å². The Balaban J connectivity index is 0. The van der Waals surface area contributed by atoms with Crippen LogP contribution in [0.5, 0.6) is 0 Å². The maximum absolute atomic E-state index is 13.5. The number of thiophene rings is 1. The molecule has 0 radical (unpaired) electrons. The first-order chi connectivity index (χ1) is 26.4. The van der Waals surface area contributed by atoms with Gasteiger partial charge in [0.05, 0.1) is 16.9 Å². The smallest absolute Gasteiger partial charge is 0.365 e. The third kappa shape index (κ3) is 19.1. The van der Waals surface area contributed by atoms with Crippen LogP contribution in [-0.2, 0) is 24.6 Å². The van der Waals surface area contributed by atoms with Crippen LogP contribution in [0.25, 0.3) is 10.1 Å². The van der Waals surface area contributed by atoms with E-state index < -0.39 is 36.4 Å². The fraction of sp³-hybridized carbons (Fsp3) is 0.500. The summed E-state index contributed by atoms with van der Waals surface area (Å²) >= 11 is 1.02. The molecule has 1 aromatic heterocycles. The highest BCUT2D eigenvalue weighted by molar-refractivity contribution is 7.52. The summed E-state index contributed by atoms with van der Waals surface area (Å²) in [6, 6.07) is 10.1. The summed E-state index contributed by atoms with van der Waals surface area (Å²) in [5.74, 6) is -1.24. The van der Waals surface area contributed by atoms with Gasteiger partial charge in [-0.3, -0.25) is 18.9 Å². The molecule has 5 rings (SSSR count). The molecule has 3 aromatic rings. The number of alkyl halides is 2. The number of rotatable bonds is 8. The number of hydrogen-bond donors (Lipinski definition) is 3. The lowest BCUT2D eigenvalue weighted by molar-refractivity contribution is -0.130. The van der Waals surface area contributed by atoms with Crippen molar-refractivity contribution < 1.29 is 51.1 Å². The van der Waals surface area contributed by atoms with E-state index in [2.05, 4.69) is 18.0 Å². The monoisotopic (exact) mass is 833 g/mol. The zero-order valence-corrected chi connectivity index (χ0v) is 34.9. The van der Waals surface area contributed by atoms with Gasteiger partial charge in [-0.05, 0) is 88.0 Å². The topological polar surface area (TPSA) is 185 Å². The summed E-state index contributed by atoms with van der Waals surface area (Å²) in [6.45, 7) is 18.6. The van der Waals surface area contributed by atoms with E-state index in [-0.39, 0.29) is 16.2 Å². The maximum Gasteiger partial charge on any atom is 0.399 e. The molecule has 0 aliphatic carbocycles. The van der Waals surface area contributed by atoms with Crippen molar-refractivity contribution in [1.29, 1.82) is 5.26 Å². The molecule has 56 heavy (non-hydrogen) atoms. The third-order valence-corrected chi connectivity index (χ3v) is 9.80. The summed E-state index contributed by atoms with van der Waals surface area (Å²) in [5, 5.41) is 8.69. The molecule has 3 amide bonds. The molecule has 4 N–H and O–H groups in total.